The van der Waals surface area contributed by atoms with Gasteiger partial charge in [0.25, 0.3) is 11.1 Å². The van der Waals surface area contributed by atoms with Crippen LogP contribution in [0.3, 0.4) is 0 Å². The molecule has 0 aliphatic carbocycles. The molecular formula is C26H18Cl2INO5S. The van der Waals surface area contributed by atoms with Gasteiger partial charge in [0.15, 0.2) is 11.5 Å². The smallest absolute Gasteiger partial charge is 0.343 e. The van der Waals surface area contributed by atoms with Crippen LogP contribution in [0.2, 0.25) is 10.0 Å². The van der Waals surface area contributed by atoms with E-state index in [1.54, 1.807) is 66.7 Å². The SMILES string of the molecule is CCOc1cc(/C=C2\SC(=O)N(Cc3ccccc3Cl)C2=O)cc(I)c1OC(=O)c1ccc(Cl)cc1. The van der Waals surface area contributed by atoms with Crippen LogP contribution < -0.4 is 9.47 Å². The summed E-state index contributed by atoms with van der Waals surface area (Å²) in [6.07, 6.45) is 1.62. The van der Waals surface area contributed by atoms with Gasteiger partial charge in [0.05, 0.1) is 27.2 Å². The number of thioether (sulfide) groups is 1. The third-order valence-corrected chi connectivity index (χ3v) is 7.39. The molecule has 0 spiro atoms. The number of nitrogens with zero attached hydrogens (tertiary/aromatic N) is 1. The highest BCUT2D eigenvalue weighted by Gasteiger charge is 2.35. The molecule has 4 rings (SSSR count). The minimum Gasteiger partial charge on any atom is -0.490 e. The largest absolute Gasteiger partial charge is 0.490 e. The zero-order valence-electron chi connectivity index (χ0n) is 18.8. The number of hydrogen-bond donors (Lipinski definition) is 0. The van der Waals surface area contributed by atoms with Gasteiger partial charge in [-0.2, -0.15) is 0 Å². The fourth-order valence-electron chi connectivity index (χ4n) is 3.36. The van der Waals surface area contributed by atoms with Gasteiger partial charge in [0, 0.05) is 10.0 Å². The Morgan fingerprint density at radius 2 is 1.81 bits per heavy atom. The van der Waals surface area contributed by atoms with E-state index in [1.165, 1.54) is 0 Å². The third kappa shape index (κ3) is 6.05. The van der Waals surface area contributed by atoms with Gasteiger partial charge >= 0.3 is 5.97 Å². The van der Waals surface area contributed by atoms with Crippen LogP contribution in [0, 0.1) is 3.57 Å². The molecule has 1 aliphatic heterocycles. The predicted molar refractivity (Wildman–Crippen MR) is 150 cm³/mol. The van der Waals surface area contributed by atoms with E-state index in [4.69, 9.17) is 32.7 Å². The molecule has 2 amide bonds. The molecule has 1 fully saturated rings. The quantitative estimate of drug-likeness (QED) is 0.114. The summed E-state index contributed by atoms with van der Waals surface area (Å²) >= 11 is 15.0. The van der Waals surface area contributed by atoms with E-state index in [0.29, 0.717) is 42.7 Å². The summed E-state index contributed by atoms with van der Waals surface area (Å²) in [5.74, 6) is -0.357. The van der Waals surface area contributed by atoms with Crippen LogP contribution in [-0.2, 0) is 11.3 Å². The summed E-state index contributed by atoms with van der Waals surface area (Å²) in [7, 11) is 0. The summed E-state index contributed by atoms with van der Waals surface area (Å²) in [6, 6.07) is 16.8. The Morgan fingerprint density at radius 1 is 1.08 bits per heavy atom. The number of benzene rings is 3. The average molecular weight is 654 g/mol. The molecule has 0 radical (unpaired) electrons. The fourth-order valence-corrected chi connectivity index (χ4v) is 5.25. The molecule has 0 bridgehead atoms. The van der Waals surface area contributed by atoms with Gasteiger partial charge < -0.3 is 9.47 Å². The normalized spacial score (nSPS) is 14.4. The monoisotopic (exact) mass is 653 g/mol. The standard InChI is InChI=1S/C26H18Cl2INO5S/c1-2-34-21-12-15(11-20(29)23(21)35-25(32)16-7-9-18(27)10-8-16)13-22-24(31)30(26(33)36-22)14-17-5-3-4-6-19(17)28/h3-13H,2,14H2,1H3/b22-13-. The molecule has 0 unspecified atom stereocenters. The topological polar surface area (TPSA) is 72.9 Å². The van der Waals surface area contributed by atoms with Crippen molar-refractivity contribution >= 4 is 80.7 Å². The Kier molecular flexibility index (Phi) is 8.61. The molecule has 0 atom stereocenters. The Labute approximate surface area is 235 Å². The lowest BCUT2D eigenvalue weighted by atomic mass is 10.1. The van der Waals surface area contributed by atoms with Crippen LogP contribution in [0.5, 0.6) is 11.5 Å². The van der Waals surface area contributed by atoms with Gasteiger partial charge in [-0.25, -0.2) is 4.79 Å². The van der Waals surface area contributed by atoms with Crippen molar-refractivity contribution < 1.29 is 23.9 Å². The molecule has 184 valence electrons. The Balaban J connectivity index is 1.59. The summed E-state index contributed by atoms with van der Waals surface area (Å²) in [4.78, 5) is 39.6. The van der Waals surface area contributed by atoms with Gasteiger partial charge in [-0.3, -0.25) is 14.5 Å². The van der Waals surface area contributed by atoms with Gasteiger partial charge in [-0.1, -0.05) is 41.4 Å². The molecule has 0 aromatic heterocycles. The molecule has 1 saturated heterocycles. The van der Waals surface area contributed by atoms with Crippen molar-refractivity contribution in [1.82, 2.24) is 4.90 Å². The molecule has 3 aromatic carbocycles. The number of imide groups is 1. The number of rotatable bonds is 7. The molecule has 10 heteroatoms. The number of hydrogen-bond acceptors (Lipinski definition) is 6. The maximum Gasteiger partial charge on any atom is 0.343 e. The van der Waals surface area contributed by atoms with Crippen LogP contribution in [0.4, 0.5) is 4.79 Å². The summed E-state index contributed by atoms with van der Waals surface area (Å²) in [5, 5.41) is 0.622. The van der Waals surface area contributed by atoms with Crippen molar-refractivity contribution in [3.8, 4) is 11.5 Å². The van der Waals surface area contributed by atoms with Crippen LogP contribution >= 0.6 is 57.6 Å². The zero-order valence-corrected chi connectivity index (χ0v) is 23.3. The van der Waals surface area contributed by atoms with E-state index < -0.39 is 11.9 Å². The molecule has 6 nitrogen and oxygen atoms in total. The molecule has 0 saturated carbocycles. The van der Waals surface area contributed by atoms with E-state index in [0.717, 1.165) is 16.7 Å². The van der Waals surface area contributed by atoms with Crippen molar-refractivity contribution in [1.29, 1.82) is 0 Å². The van der Waals surface area contributed by atoms with Crippen molar-refractivity contribution in [2.24, 2.45) is 0 Å². The minimum atomic E-state index is -0.557. The first kappa shape index (κ1) is 26.5. The van der Waals surface area contributed by atoms with E-state index in [9.17, 15) is 14.4 Å². The summed E-state index contributed by atoms with van der Waals surface area (Å²) in [5.41, 5.74) is 1.65. The second-order valence-corrected chi connectivity index (χ2v) is 10.5. The highest BCUT2D eigenvalue weighted by molar-refractivity contribution is 14.1. The highest BCUT2D eigenvalue weighted by Crippen LogP contribution is 2.38. The summed E-state index contributed by atoms with van der Waals surface area (Å²) < 4.78 is 12.0. The Bertz CT molecular complexity index is 1380. The number of esters is 1. The lowest BCUT2D eigenvalue weighted by Crippen LogP contribution is -2.27. The zero-order chi connectivity index (χ0) is 25.8. The first-order valence-corrected chi connectivity index (χ1v) is 13.3. The van der Waals surface area contributed by atoms with Crippen molar-refractivity contribution in [3.63, 3.8) is 0 Å². The van der Waals surface area contributed by atoms with Gasteiger partial charge in [0.1, 0.15) is 0 Å². The molecule has 36 heavy (non-hydrogen) atoms. The third-order valence-electron chi connectivity index (χ3n) is 5.06. The second-order valence-electron chi connectivity index (χ2n) is 7.52. The number of ether oxygens (including phenoxy) is 2. The fraction of sp³-hybridized carbons (Fsp3) is 0.115. The van der Waals surface area contributed by atoms with Crippen LogP contribution in [0.25, 0.3) is 6.08 Å². The number of amides is 2. The predicted octanol–water partition coefficient (Wildman–Crippen LogP) is 7.45. The van der Waals surface area contributed by atoms with Gasteiger partial charge in [-0.15, -0.1) is 0 Å². The van der Waals surface area contributed by atoms with Crippen molar-refractivity contribution in [3.05, 3.63) is 95.9 Å². The Morgan fingerprint density at radius 3 is 2.50 bits per heavy atom. The van der Waals surface area contributed by atoms with E-state index >= 15 is 0 Å². The van der Waals surface area contributed by atoms with E-state index in [-0.39, 0.29) is 22.4 Å². The molecule has 1 aliphatic rings. The molecule has 1 heterocycles. The van der Waals surface area contributed by atoms with Crippen LogP contribution in [-0.4, -0.2) is 28.6 Å². The maximum atomic E-state index is 13.0. The maximum absolute atomic E-state index is 13.0. The van der Waals surface area contributed by atoms with Gasteiger partial charge in [-0.05, 0) is 101 Å². The van der Waals surface area contributed by atoms with Crippen molar-refractivity contribution in [2.45, 2.75) is 13.5 Å². The summed E-state index contributed by atoms with van der Waals surface area (Å²) in [6.45, 7) is 2.23. The number of halogens is 3. The average Bonchev–Trinajstić information content (AvgIpc) is 3.10. The molecular weight excluding hydrogens is 636 g/mol. The minimum absolute atomic E-state index is 0.0863. The first-order valence-electron chi connectivity index (χ1n) is 10.7. The molecule has 0 N–H and O–H groups in total. The second kappa shape index (κ2) is 11.7. The Hall–Kier alpha value is -2.53. The number of carbonyl (C=O) groups is 3. The van der Waals surface area contributed by atoms with Crippen LogP contribution in [0.15, 0.2) is 65.6 Å². The first-order chi connectivity index (χ1) is 17.3. The van der Waals surface area contributed by atoms with E-state index in [2.05, 4.69) is 0 Å². The highest BCUT2D eigenvalue weighted by atomic mass is 127. The lowest BCUT2D eigenvalue weighted by Gasteiger charge is -2.14. The lowest BCUT2D eigenvalue weighted by molar-refractivity contribution is -0.123. The van der Waals surface area contributed by atoms with Crippen molar-refractivity contribution in [2.75, 3.05) is 6.61 Å². The van der Waals surface area contributed by atoms with E-state index in [1.807, 2.05) is 29.5 Å². The number of carbonyl (C=O) groups excluding carboxylic acids is 3. The molecule has 3 aromatic rings. The van der Waals surface area contributed by atoms with Crippen LogP contribution in [0.1, 0.15) is 28.4 Å². The van der Waals surface area contributed by atoms with Gasteiger partial charge in [0.2, 0.25) is 0 Å².